The van der Waals surface area contributed by atoms with Crippen LogP contribution in [0, 0.1) is 0 Å². The molecule has 2 heterocycles. The van der Waals surface area contributed by atoms with Crippen molar-refractivity contribution >= 4 is 10.2 Å². The van der Waals surface area contributed by atoms with E-state index in [9.17, 15) is 8.42 Å². The van der Waals surface area contributed by atoms with E-state index in [-0.39, 0.29) is 12.1 Å². The van der Waals surface area contributed by atoms with E-state index in [1.54, 1.807) is 8.61 Å². The molecule has 5 nitrogen and oxygen atoms in total. The first kappa shape index (κ1) is 13.8. The maximum Gasteiger partial charge on any atom is 0.282 e. The molecule has 3 aliphatic rings. The van der Waals surface area contributed by atoms with Gasteiger partial charge in [0.1, 0.15) is 0 Å². The molecule has 3 rings (SSSR count). The molecule has 3 fully saturated rings. The van der Waals surface area contributed by atoms with Gasteiger partial charge in [-0.05, 0) is 25.8 Å². The van der Waals surface area contributed by atoms with Gasteiger partial charge in [-0.1, -0.05) is 25.7 Å². The zero-order valence-corrected chi connectivity index (χ0v) is 12.4. The quantitative estimate of drug-likeness (QED) is 0.769. The minimum atomic E-state index is -3.20. The van der Waals surface area contributed by atoms with Crippen molar-refractivity contribution in [2.45, 2.75) is 57.0 Å². The number of nitrogens with zero attached hydrogens (tertiary/aromatic N) is 2. The number of nitrogens with one attached hydrogen (secondary N) is 1. The highest BCUT2D eigenvalue weighted by Crippen LogP contribution is 2.30. The molecule has 0 aromatic heterocycles. The Balaban J connectivity index is 1.73. The predicted octanol–water partition coefficient (Wildman–Crippen LogP) is 0.933. The molecule has 0 aromatic carbocycles. The lowest BCUT2D eigenvalue weighted by Crippen LogP contribution is -2.44. The Morgan fingerprint density at radius 2 is 1.47 bits per heavy atom. The van der Waals surface area contributed by atoms with Crippen LogP contribution in [0.2, 0.25) is 0 Å². The van der Waals surface area contributed by atoms with Gasteiger partial charge in [0, 0.05) is 31.7 Å². The molecule has 1 aliphatic carbocycles. The fourth-order valence-electron chi connectivity index (χ4n) is 3.74. The molecule has 19 heavy (non-hydrogen) atoms. The average Bonchev–Trinajstić information content (AvgIpc) is 2.90. The summed E-state index contributed by atoms with van der Waals surface area (Å²) in [6, 6.07) is 0.438. The van der Waals surface area contributed by atoms with Crippen LogP contribution in [0.5, 0.6) is 0 Å². The van der Waals surface area contributed by atoms with Crippen LogP contribution in [0.15, 0.2) is 0 Å². The summed E-state index contributed by atoms with van der Waals surface area (Å²) in [5.41, 5.74) is 0. The third kappa shape index (κ3) is 2.68. The first-order valence-corrected chi connectivity index (χ1v) is 9.08. The van der Waals surface area contributed by atoms with E-state index in [2.05, 4.69) is 5.32 Å². The molecule has 110 valence electrons. The Labute approximate surface area is 116 Å². The molecule has 0 spiro atoms. The number of hydrogen-bond acceptors (Lipinski definition) is 3. The van der Waals surface area contributed by atoms with Gasteiger partial charge >= 0.3 is 0 Å². The van der Waals surface area contributed by atoms with E-state index in [1.807, 2.05) is 0 Å². The van der Waals surface area contributed by atoms with Crippen LogP contribution in [-0.4, -0.2) is 55.3 Å². The molecule has 2 saturated heterocycles. The lowest BCUT2D eigenvalue weighted by Gasteiger charge is -2.28. The van der Waals surface area contributed by atoms with Crippen LogP contribution in [0.3, 0.4) is 0 Å². The normalized spacial score (nSPS) is 34.6. The topological polar surface area (TPSA) is 52.7 Å². The zero-order chi connectivity index (χ0) is 13.3. The SMILES string of the molecule is O=S1(=O)N(C2CCCCCC2)CCN1C1CCNC1. The molecule has 0 aromatic rings. The third-order valence-corrected chi connectivity index (χ3v) is 6.95. The van der Waals surface area contributed by atoms with Crippen LogP contribution < -0.4 is 5.32 Å². The van der Waals surface area contributed by atoms with E-state index in [0.717, 1.165) is 32.4 Å². The van der Waals surface area contributed by atoms with Crippen LogP contribution >= 0.6 is 0 Å². The molecule has 1 atom stereocenters. The van der Waals surface area contributed by atoms with Gasteiger partial charge in [0.15, 0.2) is 0 Å². The summed E-state index contributed by atoms with van der Waals surface area (Å²) in [6.07, 6.45) is 7.95. The monoisotopic (exact) mass is 287 g/mol. The van der Waals surface area contributed by atoms with Crippen LogP contribution in [0.4, 0.5) is 0 Å². The molecule has 0 amide bonds. The zero-order valence-electron chi connectivity index (χ0n) is 11.6. The van der Waals surface area contributed by atoms with Crippen molar-refractivity contribution in [3.63, 3.8) is 0 Å². The summed E-state index contributed by atoms with van der Waals surface area (Å²) in [7, 11) is -3.20. The van der Waals surface area contributed by atoms with Gasteiger partial charge in [0.05, 0.1) is 0 Å². The van der Waals surface area contributed by atoms with E-state index in [4.69, 9.17) is 0 Å². The van der Waals surface area contributed by atoms with Gasteiger partial charge in [-0.15, -0.1) is 0 Å². The van der Waals surface area contributed by atoms with Gasteiger partial charge in [-0.2, -0.15) is 17.0 Å². The molecular weight excluding hydrogens is 262 g/mol. The van der Waals surface area contributed by atoms with Crippen molar-refractivity contribution in [3.8, 4) is 0 Å². The Bertz CT molecular complexity index is 398. The summed E-state index contributed by atoms with van der Waals surface area (Å²) in [5.74, 6) is 0. The maximum absolute atomic E-state index is 12.7. The summed E-state index contributed by atoms with van der Waals surface area (Å²) < 4.78 is 29.0. The second kappa shape index (κ2) is 5.68. The summed E-state index contributed by atoms with van der Waals surface area (Å²) in [5, 5.41) is 3.27. The van der Waals surface area contributed by atoms with Crippen molar-refractivity contribution in [3.05, 3.63) is 0 Å². The lowest BCUT2D eigenvalue weighted by atomic mass is 10.1. The van der Waals surface area contributed by atoms with E-state index in [0.29, 0.717) is 13.1 Å². The second-order valence-electron chi connectivity index (χ2n) is 6.02. The first-order valence-electron chi connectivity index (χ1n) is 7.69. The molecule has 1 unspecified atom stereocenters. The van der Waals surface area contributed by atoms with Crippen molar-refractivity contribution in [2.75, 3.05) is 26.2 Å². The predicted molar refractivity (Wildman–Crippen MR) is 75.1 cm³/mol. The van der Waals surface area contributed by atoms with Gasteiger partial charge < -0.3 is 5.32 Å². The first-order chi connectivity index (χ1) is 9.19. The van der Waals surface area contributed by atoms with E-state index >= 15 is 0 Å². The van der Waals surface area contributed by atoms with Gasteiger partial charge in [-0.3, -0.25) is 0 Å². The molecule has 6 heteroatoms. The average molecular weight is 287 g/mol. The highest BCUT2D eigenvalue weighted by atomic mass is 32.2. The van der Waals surface area contributed by atoms with Crippen molar-refractivity contribution in [2.24, 2.45) is 0 Å². The number of hydrogen-bond donors (Lipinski definition) is 1. The minimum absolute atomic E-state index is 0.181. The standard InChI is InChI=1S/C13H25N3O2S/c17-19(18)15(12-5-3-1-2-4-6-12)9-10-16(19)13-7-8-14-11-13/h12-14H,1-11H2. The minimum Gasteiger partial charge on any atom is -0.315 e. The smallest absolute Gasteiger partial charge is 0.282 e. The fourth-order valence-corrected chi connectivity index (χ4v) is 5.77. The van der Waals surface area contributed by atoms with Crippen molar-refractivity contribution in [1.82, 2.24) is 13.9 Å². The van der Waals surface area contributed by atoms with Crippen LogP contribution in [0.25, 0.3) is 0 Å². The fraction of sp³-hybridized carbons (Fsp3) is 1.00. The van der Waals surface area contributed by atoms with Crippen LogP contribution in [0.1, 0.15) is 44.9 Å². The van der Waals surface area contributed by atoms with Gasteiger partial charge in [0.25, 0.3) is 10.2 Å². The third-order valence-electron chi connectivity index (χ3n) is 4.81. The van der Waals surface area contributed by atoms with E-state index in [1.165, 1.54) is 25.7 Å². The lowest BCUT2D eigenvalue weighted by molar-refractivity contribution is 0.316. The maximum atomic E-state index is 12.7. The Morgan fingerprint density at radius 3 is 2.05 bits per heavy atom. The van der Waals surface area contributed by atoms with Crippen molar-refractivity contribution < 1.29 is 8.42 Å². The Kier molecular flexibility index (Phi) is 4.12. The largest absolute Gasteiger partial charge is 0.315 e. The van der Waals surface area contributed by atoms with Crippen molar-refractivity contribution in [1.29, 1.82) is 0 Å². The van der Waals surface area contributed by atoms with E-state index < -0.39 is 10.2 Å². The van der Waals surface area contributed by atoms with Crippen LogP contribution in [-0.2, 0) is 10.2 Å². The molecule has 0 radical (unpaired) electrons. The second-order valence-corrected chi connectivity index (χ2v) is 7.85. The molecular formula is C13H25N3O2S. The highest BCUT2D eigenvalue weighted by Gasteiger charge is 2.44. The number of rotatable bonds is 2. The molecule has 2 aliphatic heterocycles. The van der Waals surface area contributed by atoms with Gasteiger partial charge in [0.2, 0.25) is 0 Å². The summed E-state index contributed by atoms with van der Waals surface area (Å²) in [4.78, 5) is 0. The Hall–Kier alpha value is -0.170. The summed E-state index contributed by atoms with van der Waals surface area (Å²) >= 11 is 0. The Morgan fingerprint density at radius 1 is 0.842 bits per heavy atom. The molecule has 0 bridgehead atoms. The molecule has 1 saturated carbocycles. The highest BCUT2D eigenvalue weighted by molar-refractivity contribution is 7.87. The molecule has 1 N–H and O–H groups in total. The van der Waals surface area contributed by atoms with Gasteiger partial charge in [-0.25, -0.2) is 0 Å². The summed E-state index contributed by atoms with van der Waals surface area (Å²) in [6.45, 7) is 3.15.